The van der Waals surface area contributed by atoms with Gasteiger partial charge in [0.15, 0.2) is 6.10 Å². The molecular weight excluding hydrogens is 781 g/mol. The Morgan fingerprint density at radius 1 is 0.302 bits per heavy atom. The zero-order chi connectivity index (χ0) is 45.9. The second-order valence-corrected chi connectivity index (χ2v) is 20.1. The lowest BCUT2D eigenvalue weighted by atomic mass is 10.0. The van der Waals surface area contributed by atoms with E-state index in [1.807, 2.05) is 0 Å². The summed E-state index contributed by atoms with van der Waals surface area (Å²) in [6, 6.07) is 0. The zero-order valence-corrected chi connectivity index (χ0v) is 43.0. The van der Waals surface area contributed by atoms with Crippen molar-refractivity contribution < 1.29 is 28.6 Å². The Kier molecular flexibility index (Phi) is 50.1. The lowest BCUT2D eigenvalue weighted by Crippen LogP contribution is -2.30. The van der Waals surface area contributed by atoms with Crippen molar-refractivity contribution in [1.29, 1.82) is 0 Å². The van der Waals surface area contributed by atoms with Crippen LogP contribution in [0.4, 0.5) is 0 Å². The number of carbonyl (C=O) groups excluding carboxylic acids is 3. The van der Waals surface area contributed by atoms with Crippen molar-refractivity contribution in [3.63, 3.8) is 0 Å². The highest BCUT2D eigenvalue weighted by Crippen LogP contribution is 2.18. The summed E-state index contributed by atoms with van der Waals surface area (Å²) < 4.78 is 16.8. The summed E-state index contributed by atoms with van der Waals surface area (Å²) in [6.07, 6.45) is 55.4. The van der Waals surface area contributed by atoms with Crippen LogP contribution in [0.1, 0.15) is 323 Å². The van der Waals surface area contributed by atoms with Crippen molar-refractivity contribution in [3.8, 4) is 0 Å². The minimum absolute atomic E-state index is 0.0625. The minimum Gasteiger partial charge on any atom is -0.462 e. The Morgan fingerprint density at radius 2 is 0.524 bits per heavy atom. The van der Waals surface area contributed by atoms with Gasteiger partial charge in [-0.15, -0.1) is 0 Å². The average Bonchev–Trinajstić information content (AvgIpc) is 3.27. The van der Waals surface area contributed by atoms with Crippen molar-refractivity contribution in [2.45, 2.75) is 329 Å². The lowest BCUT2D eigenvalue weighted by molar-refractivity contribution is -0.167. The number of esters is 3. The second-order valence-electron chi connectivity index (χ2n) is 20.1. The maximum absolute atomic E-state index is 12.8. The summed E-state index contributed by atoms with van der Waals surface area (Å²) in [5.74, 6) is 0.0143. The zero-order valence-electron chi connectivity index (χ0n) is 43.0. The van der Waals surface area contributed by atoms with Crippen LogP contribution in [-0.4, -0.2) is 37.2 Å². The Balaban J connectivity index is 4.12. The monoisotopic (exact) mass is 891 g/mol. The van der Waals surface area contributed by atoms with Crippen LogP contribution in [0.2, 0.25) is 0 Å². The molecule has 0 rings (SSSR count). The molecule has 0 saturated carbocycles. The third-order valence-electron chi connectivity index (χ3n) is 13.0. The topological polar surface area (TPSA) is 78.9 Å². The summed E-state index contributed by atoms with van der Waals surface area (Å²) in [4.78, 5) is 37.9. The molecule has 0 unspecified atom stereocenters. The van der Waals surface area contributed by atoms with E-state index in [4.69, 9.17) is 14.2 Å². The Morgan fingerprint density at radius 3 is 0.778 bits per heavy atom. The van der Waals surface area contributed by atoms with Crippen LogP contribution in [0.5, 0.6) is 0 Å². The van der Waals surface area contributed by atoms with Gasteiger partial charge in [0.1, 0.15) is 13.2 Å². The SMILES string of the molecule is CCCCCCCCCCCCCCCCCCCC(=O)O[C@H](COC(=O)CCCCCCCCC)COC(=O)CCCCCCCCCCCCCCCCCCCCC(C)C. The molecule has 1 atom stereocenters. The van der Waals surface area contributed by atoms with E-state index in [-0.39, 0.29) is 31.1 Å². The number of ether oxygens (including phenoxy) is 3. The molecule has 0 saturated heterocycles. The van der Waals surface area contributed by atoms with Gasteiger partial charge in [-0.05, 0) is 25.2 Å². The molecule has 0 aliphatic carbocycles. The van der Waals surface area contributed by atoms with Gasteiger partial charge < -0.3 is 14.2 Å². The van der Waals surface area contributed by atoms with Gasteiger partial charge in [-0.3, -0.25) is 14.4 Å². The van der Waals surface area contributed by atoms with E-state index in [1.165, 1.54) is 218 Å². The molecule has 6 nitrogen and oxygen atoms in total. The van der Waals surface area contributed by atoms with Gasteiger partial charge >= 0.3 is 17.9 Å². The summed E-state index contributed by atoms with van der Waals surface area (Å²) in [5, 5.41) is 0. The average molecular weight is 892 g/mol. The van der Waals surface area contributed by atoms with Gasteiger partial charge in [-0.2, -0.15) is 0 Å². The number of carbonyl (C=O) groups is 3. The summed E-state index contributed by atoms with van der Waals surface area (Å²) >= 11 is 0. The van der Waals surface area contributed by atoms with Crippen molar-refractivity contribution in [3.05, 3.63) is 0 Å². The maximum atomic E-state index is 12.8. The third-order valence-corrected chi connectivity index (χ3v) is 13.0. The van der Waals surface area contributed by atoms with Gasteiger partial charge in [0, 0.05) is 19.3 Å². The van der Waals surface area contributed by atoms with Gasteiger partial charge in [0.25, 0.3) is 0 Å². The first-order valence-electron chi connectivity index (χ1n) is 28.4. The molecule has 0 amide bonds. The number of unbranched alkanes of at least 4 members (excludes halogenated alkanes) is 39. The molecule has 0 aliphatic rings. The fraction of sp³-hybridized carbons (Fsp3) is 0.947. The van der Waals surface area contributed by atoms with Crippen molar-refractivity contribution in [2.75, 3.05) is 13.2 Å². The minimum atomic E-state index is -0.760. The summed E-state index contributed by atoms with van der Waals surface area (Å²) in [6.45, 7) is 9.03. The van der Waals surface area contributed by atoms with Crippen LogP contribution < -0.4 is 0 Å². The van der Waals surface area contributed by atoms with Crippen LogP contribution in [0.3, 0.4) is 0 Å². The van der Waals surface area contributed by atoms with Crippen molar-refractivity contribution in [2.24, 2.45) is 5.92 Å². The van der Waals surface area contributed by atoms with E-state index in [0.29, 0.717) is 19.3 Å². The first-order valence-corrected chi connectivity index (χ1v) is 28.4. The van der Waals surface area contributed by atoms with Crippen LogP contribution in [-0.2, 0) is 28.6 Å². The molecular formula is C57H110O6. The normalized spacial score (nSPS) is 12.0. The Hall–Kier alpha value is -1.59. The van der Waals surface area contributed by atoms with Crippen LogP contribution >= 0.6 is 0 Å². The molecule has 0 aromatic rings. The number of hydrogen-bond donors (Lipinski definition) is 0. The quantitative estimate of drug-likeness (QED) is 0.0344. The predicted octanol–water partition coefficient (Wildman–Crippen LogP) is 18.6. The largest absolute Gasteiger partial charge is 0.462 e. The van der Waals surface area contributed by atoms with Gasteiger partial charge in [-0.1, -0.05) is 285 Å². The van der Waals surface area contributed by atoms with Crippen LogP contribution in [0.25, 0.3) is 0 Å². The predicted molar refractivity (Wildman–Crippen MR) is 270 cm³/mol. The second kappa shape index (κ2) is 51.4. The fourth-order valence-corrected chi connectivity index (χ4v) is 8.75. The van der Waals surface area contributed by atoms with Crippen molar-refractivity contribution in [1.82, 2.24) is 0 Å². The smallest absolute Gasteiger partial charge is 0.306 e. The molecule has 0 fully saturated rings. The van der Waals surface area contributed by atoms with E-state index in [0.717, 1.165) is 63.7 Å². The molecule has 0 aromatic carbocycles. The van der Waals surface area contributed by atoms with E-state index in [9.17, 15) is 14.4 Å². The molecule has 0 bridgehead atoms. The molecule has 0 aliphatic heterocycles. The molecule has 63 heavy (non-hydrogen) atoms. The van der Waals surface area contributed by atoms with Gasteiger partial charge in [0.05, 0.1) is 0 Å². The first-order chi connectivity index (χ1) is 30.9. The molecule has 0 heterocycles. The molecule has 6 heteroatoms. The van der Waals surface area contributed by atoms with E-state index in [2.05, 4.69) is 27.7 Å². The highest BCUT2D eigenvalue weighted by molar-refractivity contribution is 5.71. The third kappa shape index (κ3) is 51.3. The van der Waals surface area contributed by atoms with Crippen molar-refractivity contribution >= 4 is 17.9 Å². The highest BCUT2D eigenvalue weighted by Gasteiger charge is 2.19. The Bertz CT molecular complexity index is 949. The van der Waals surface area contributed by atoms with E-state index < -0.39 is 6.10 Å². The molecule has 0 radical (unpaired) electrons. The fourth-order valence-electron chi connectivity index (χ4n) is 8.75. The molecule has 374 valence electrons. The first kappa shape index (κ1) is 61.4. The van der Waals surface area contributed by atoms with Crippen LogP contribution in [0, 0.1) is 5.92 Å². The summed E-state index contributed by atoms with van der Waals surface area (Å²) in [7, 11) is 0. The van der Waals surface area contributed by atoms with E-state index >= 15 is 0 Å². The van der Waals surface area contributed by atoms with E-state index in [1.54, 1.807) is 0 Å². The highest BCUT2D eigenvalue weighted by atomic mass is 16.6. The molecule has 0 aromatic heterocycles. The van der Waals surface area contributed by atoms with Gasteiger partial charge in [0.2, 0.25) is 0 Å². The lowest BCUT2D eigenvalue weighted by Gasteiger charge is -2.18. The van der Waals surface area contributed by atoms with Crippen LogP contribution in [0.15, 0.2) is 0 Å². The number of hydrogen-bond acceptors (Lipinski definition) is 6. The molecule has 0 N–H and O–H groups in total. The molecule has 0 spiro atoms. The number of rotatable bonds is 52. The summed E-state index contributed by atoms with van der Waals surface area (Å²) in [5.41, 5.74) is 0. The maximum Gasteiger partial charge on any atom is 0.306 e. The standard InChI is InChI=1S/C57H110O6/c1-5-7-9-11-13-14-15-16-17-20-25-28-31-34-38-42-46-50-57(60)63-54(51-61-55(58)48-44-40-35-12-10-8-6-2)52-62-56(59)49-45-41-37-33-30-27-24-22-19-18-21-23-26-29-32-36-39-43-47-53(3)4/h53-54H,5-52H2,1-4H3/t54-/m1/s1. The van der Waals surface area contributed by atoms with Gasteiger partial charge in [-0.25, -0.2) is 0 Å². The Labute approximate surface area is 393 Å².